The monoisotopic (exact) mass is 270 g/mol. The van der Waals surface area contributed by atoms with E-state index in [2.05, 4.69) is 0 Å². The van der Waals surface area contributed by atoms with E-state index in [1.165, 1.54) is 4.31 Å². The molecule has 0 atom stereocenters. The van der Waals surface area contributed by atoms with E-state index < -0.39 is 10.0 Å². The molecule has 18 heavy (non-hydrogen) atoms. The van der Waals surface area contributed by atoms with Crippen molar-refractivity contribution in [3.63, 3.8) is 0 Å². The average molecular weight is 270 g/mol. The van der Waals surface area contributed by atoms with Crippen molar-refractivity contribution in [3.8, 4) is 0 Å². The van der Waals surface area contributed by atoms with Crippen molar-refractivity contribution in [2.45, 2.75) is 33.1 Å². The molecule has 0 fully saturated rings. The van der Waals surface area contributed by atoms with E-state index in [0.29, 0.717) is 24.3 Å². The maximum atomic E-state index is 12.3. The van der Waals surface area contributed by atoms with E-state index in [1.54, 1.807) is 24.3 Å². The minimum atomic E-state index is -3.24. The lowest BCUT2D eigenvalue weighted by molar-refractivity contribution is 0.586. The highest BCUT2D eigenvalue weighted by atomic mass is 32.2. The number of hydrogen-bond donors (Lipinski definition) is 1. The molecule has 0 saturated carbocycles. The van der Waals surface area contributed by atoms with Gasteiger partial charge in [0.1, 0.15) is 0 Å². The zero-order valence-corrected chi connectivity index (χ0v) is 11.9. The summed E-state index contributed by atoms with van der Waals surface area (Å²) in [6, 6.07) is 7.03. The fourth-order valence-corrected chi connectivity index (χ4v) is 3.52. The number of nitrogens with two attached hydrogens (primary N) is 1. The Morgan fingerprint density at radius 2 is 1.94 bits per heavy atom. The number of benzene rings is 1. The van der Waals surface area contributed by atoms with Crippen LogP contribution in [-0.2, 0) is 10.0 Å². The summed E-state index contributed by atoms with van der Waals surface area (Å²) >= 11 is 0. The molecule has 0 heterocycles. The van der Waals surface area contributed by atoms with Crippen LogP contribution < -0.4 is 10.0 Å². The number of anilines is 2. The number of unbranched alkanes of at least 4 members (excludes halogenated alkanes) is 1. The molecule has 0 spiro atoms. The first-order chi connectivity index (χ1) is 8.51. The SMILES string of the molecule is CCCCS(=O)(=O)N(CCC)c1cccc(N)c1. The van der Waals surface area contributed by atoms with Crippen molar-refractivity contribution < 1.29 is 8.42 Å². The lowest BCUT2D eigenvalue weighted by Crippen LogP contribution is -2.33. The van der Waals surface area contributed by atoms with Gasteiger partial charge in [-0.2, -0.15) is 0 Å². The Bertz CT molecular complexity index is 472. The first-order valence-electron chi connectivity index (χ1n) is 6.37. The summed E-state index contributed by atoms with van der Waals surface area (Å²) in [6.45, 7) is 4.45. The van der Waals surface area contributed by atoms with Gasteiger partial charge in [0.15, 0.2) is 0 Å². The van der Waals surface area contributed by atoms with Crippen molar-refractivity contribution in [1.29, 1.82) is 0 Å². The molecule has 0 aromatic heterocycles. The van der Waals surface area contributed by atoms with Crippen LogP contribution in [0.2, 0.25) is 0 Å². The predicted molar refractivity (Wildman–Crippen MR) is 77.2 cm³/mol. The zero-order valence-electron chi connectivity index (χ0n) is 11.1. The van der Waals surface area contributed by atoms with Crippen LogP contribution >= 0.6 is 0 Å². The third-order valence-electron chi connectivity index (χ3n) is 2.68. The van der Waals surface area contributed by atoms with Gasteiger partial charge in [0.2, 0.25) is 10.0 Å². The Labute approximate surface area is 110 Å². The van der Waals surface area contributed by atoms with Crippen molar-refractivity contribution in [3.05, 3.63) is 24.3 Å². The fourth-order valence-electron chi connectivity index (χ4n) is 1.75. The molecule has 2 N–H and O–H groups in total. The Balaban J connectivity index is 3.02. The Hall–Kier alpha value is -1.23. The third-order valence-corrected chi connectivity index (χ3v) is 4.55. The van der Waals surface area contributed by atoms with Crippen molar-refractivity contribution in [2.75, 3.05) is 22.3 Å². The molecule has 0 saturated heterocycles. The molecule has 1 aromatic rings. The van der Waals surface area contributed by atoms with Crippen LogP contribution in [0.25, 0.3) is 0 Å². The fraction of sp³-hybridized carbons (Fsp3) is 0.538. The van der Waals surface area contributed by atoms with Gasteiger partial charge < -0.3 is 5.73 Å². The molecule has 0 unspecified atom stereocenters. The van der Waals surface area contributed by atoms with Gasteiger partial charge in [-0.05, 0) is 31.0 Å². The highest BCUT2D eigenvalue weighted by Gasteiger charge is 2.21. The third kappa shape index (κ3) is 3.91. The van der Waals surface area contributed by atoms with E-state index in [0.717, 1.165) is 12.8 Å². The van der Waals surface area contributed by atoms with Crippen LogP contribution in [0.5, 0.6) is 0 Å². The van der Waals surface area contributed by atoms with Gasteiger partial charge in [-0.15, -0.1) is 0 Å². The quantitative estimate of drug-likeness (QED) is 0.775. The van der Waals surface area contributed by atoms with Gasteiger partial charge in [-0.25, -0.2) is 8.42 Å². The molecule has 0 aliphatic carbocycles. The predicted octanol–water partition coefficient (Wildman–Crippen LogP) is 2.62. The summed E-state index contributed by atoms with van der Waals surface area (Å²) in [6.07, 6.45) is 2.33. The molecule has 102 valence electrons. The maximum Gasteiger partial charge on any atom is 0.235 e. The Morgan fingerprint density at radius 3 is 2.50 bits per heavy atom. The minimum Gasteiger partial charge on any atom is -0.399 e. The molecule has 5 heteroatoms. The second kappa shape index (κ2) is 6.64. The molecule has 0 radical (unpaired) electrons. The molecule has 0 aliphatic heterocycles. The number of nitrogens with zero attached hydrogens (tertiary/aromatic N) is 1. The summed E-state index contributed by atoms with van der Waals surface area (Å²) in [5, 5.41) is 0. The van der Waals surface area contributed by atoms with E-state index in [9.17, 15) is 8.42 Å². The van der Waals surface area contributed by atoms with Crippen LogP contribution in [0.4, 0.5) is 11.4 Å². The topological polar surface area (TPSA) is 63.4 Å². The summed E-state index contributed by atoms with van der Waals surface area (Å²) in [7, 11) is -3.24. The molecule has 0 aliphatic rings. The molecule has 1 rings (SSSR count). The summed E-state index contributed by atoms with van der Waals surface area (Å²) in [5.41, 5.74) is 6.96. The van der Waals surface area contributed by atoms with Crippen molar-refractivity contribution in [1.82, 2.24) is 0 Å². The highest BCUT2D eigenvalue weighted by Crippen LogP contribution is 2.21. The zero-order chi connectivity index (χ0) is 13.6. The average Bonchev–Trinajstić information content (AvgIpc) is 2.33. The molecular weight excluding hydrogens is 248 g/mol. The molecule has 0 amide bonds. The van der Waals surface area contributed by atoms with Crippen LogP contribution in [0, 0.1) is 0 Å². The van der Waals surface area contributed by atoms with Crippen LogP contribution in [0.15, 0.2) is 24.3 Å². The normalized spacial score (nSPS) is 11.4. The van der Waals surface area contributed by atoms with Gasteiger partial charge in [-0.1, -0.05) is 26.3 Å². The smallest absolute Gasteiger partial charge is 0.235 e. The van der Waals surface area contributed by atoms with E-state index in [-0.39, 0.29) is 5.75 Å². The van der Waals surface area contributed by atoms with Crippen molar-refractivity contribution >= 4 is 21.4 Å². The first kappa shape index (κ1) is 14.8. The van der Waals surface area contributed by atoms with Crippen LogP contribution in [0.3, 0.4) is 0 Å². The van der Waals surface area contributed by atoms with E-state index in [1.807, 2.05) is 13.8 Å². The van der Waals surface area contributed by atoms with E-state index >= 15 is 0 Å². The second-order valence-electron chi connectivity index (χ2n) is 4.34. The van der Waals surface area contributed by atoms with Crippen molar-refractivity contribution in [2.24, 2.45) is 0 Å². The van der Waals surface area contributed by atoms with Gasteiger partial charge in [0, 0.05) is 12.2 Å². The summed E-state index contributed by atoms with van der Waals surface area (Å²) < 4.78 is 26.0. The summed E-state index contributed by atoms with van der Waals surface area (Å²) in [5.74, 6) is 0.193. The molecule has 0 bridgehead atoms. The van der Waals surface area contributed by atoms with Gasteiger partial charge in [0.05, 0.1) is 11.4 Å². The number of sulfonamides is 1. The van der Waals surface area contributed by atoms with E-state index in [4.69, 9.17) is 5.73 Å². The van der Waals surface area contributed by atoms with Gasteiger partial charge in [-0.3, -0.25) is 4.31 Å². The number of hydrogen-bond acceptors (Lipinski definition) is 3. The molecular formula is C13H22N2O2S. The number of rotatable bonds is 7. The second-order valence-corrected chi connectivity index (χ2v) is 6.35. The first-order valence-corrected chi connectivity index (χ1v) is 7.98. The van der Waals surface area contributed by atoms with Gasteiger partial charge >= 0.3 is 0 Å². The Morgan fingerprint density at radius 1 is 1.22 bits per heavy atom. The van der Waals surface area contributed by atoms with Crippen LogP contribution in [0.1, 0.15) is 33.1 Å². The summed E-state index contributed by atoms with van der Waals surface area (Å²) in [4.78, 5) is 0. The largest absolute Gasteiger partial charge is 0.399 e. The molecule has 1 aromatic carbocycles. The minimum absolute atomic E-state index is 0.193. The van der Waals surface area contributed by atoms with Crippen LogP contribution in [-0.4, -0.2) is 20.7 Å². The maximum absolute atomic E-state index is 12.3. The lowest BCUT2D eigenvalue weighted by Gasteiger charge is -2.24. The lowest BCUT2D eigenvalue weighted by atomic mass is 10.3. The highest BCUT2D eigenvalue weighted by molar-refractivity contribution is 7.92. The Kier molecular flexibility index (Phi) is 5.47. The number of nitrogen functional groups attached to an aromatic ring is 1. The standard InChI is InChI=1S/C13H22N2O2S/c1-3-5-10-18(16,17)15(9-4-2)13-8-6-7-12(14)11-13/h6-8,11H,3-5,9-10,14H2,1-2H3. The van der Waals surface area contributed by atoms with Gasteiger partial charge in [0.25, 0.3) is 0 Å². The molecule has 4 nitrogen and oxygen atoms in total.